The molecule has 1 atom stereocenters. The molecule has 0 radical (unpaired) electrons. The molecule has 1 amide bonds. The molecule has 1 unspecified atom stereocenters. The Morgan fingerprint density at radius 2 is 1.95 bits per heavy atom. The van der Waals surface area contributed by atoms with Gasteiger partial charge in [0.2, 0.25) is 5.91 Å². The lowest BCUT2D eigenvalue weighted by molar-refractivity contribution is -0.126. The van der Waals surface area contributed by atoms with E-state index in [1.807, 2.05) is 25.1 Å². The lowest BCUT2D eigenvalue weighted by Crippen LogP contribution is -2.39. The van der Waals surface area contributed by atoms with Crippen molar-refractivity contribution in [2.75, 3.05) is 26.3 Å². The number of carbonyl (C=O) groups excluding carboxylic acids is 1. The van der Waals surface area contributed by atoms with Crippen molar-refractivity contribution < 1.29 is 14.3 Å². The first-order valence-corrected chi connectivity index (χ1v) is 7.64. The Morgan fingerprint density at radius 1 is 1.24 bits per heavy atom. The Bertz CT molecular complexity index is 512. The highest BCUT2D eigenvalue weighted by Crippen LogP contribution is 2.32. The van der Waals surface area contributed by atoms with E-state index in [1.54, 1.807) is 0 Å². The first kappa shape index (κ1) is 14.2. The van der Waals surface area contributed by atoms with Crippen LogP contribution in [0.25, 0.3) is 0 Å². The minimum Gasteiger partial charge on any atom is -0.486 e. The molecule has 5 nitrogen and oxygen atoms in total. The molecule has 1 aromatic rings. The largest absolute Gasteiger partial charge is 0.486 e. The van der Waals surface area contributed by atoms with Gasteiger partial charge in [-0.3, -0.25) is 4.79 Å². The molecule has 0 saturated carbocycles. The monoisotopic (exact) mass is 290 g/mol. The standard InChI is InChI=1S/C16H22N2O3/c1-11(18-16(19)12-4-6-17-7-5-12)13-2-3-14-15(10-13)21-9-8-20-14/h2-3,10-12,17H,4-9H2,1H3,(H,18,19). The Labute approximate surface area is 125 Å². The predicted octanol–water partition coefficient (Wildman–Crippen LogP) is 1.63. The average molecular weight is 290 g/mol. The fraction of sp³-hybridized carbons (Fsp3) is 0.562. The highest BCUT2D eigenvalue weighted by Gasteiger charge is 2.23. The second kappa shape index (κ2) is 6.35. The summed E-state index contributed by atoms with van der Waals surface area (Å²) in [6.07, 6.45) is 1.83. The van der Waals surface area contributed by atoms with Gasteiger partial charge in [0, 0.05) is 5.92 Å². The van der Waals surface area contributed by atoms with Crippen molar-refractivity contribution in [2.45, 2.75) is 25.8 Å². The van der Waals surface area contributed by atoms with E-state index in [0.29, 0.717) is 13.2 Å². The summed E-state index contributed by atoms with van der Waals surface area (Å²) in [6, 6.07) is 5.84. The summed E-state index contributed by atoms with van der Waals surface area (Å²) in [5, 5.41) is 6.39. The number of rotatable bonds is 3. The van der Waals surface area contributed by atoms with Gasteiger partial charge in [0.1, 0.15) is 13.2 Å². The van der Waals surface area contributed by atoms with Crippen molar-refractivity contribution in [1.82, 2.24) is 10.6 Å². The highest BCUT2D eigenvalue weighted by molar-refractivity contribution is 5.79. The second-order valence-corrected chi connectivity index (χ2v) is 5.66. The quantitative estimate of drug-likeness (QED) is 0.888. The zero-order valence-electron chi connectivity index (χ0n) is 12.4. The van der Waals surface area contributed by atoms with Gasteiger partial charge < -0.3 is 20.1 Å². The maximum absolute atomic E-state index is 12.3. The van der Waals surface area contributed by atoms with Crippen LogP contribution < -0.4 is 20.1 Å². The van der Waals surface area contributed by atoms with Gasteiger partial charge in [0.05, 0.1) is 6.04 Å². The van der Waals surface area contributed by atoms with Crippen molar-refractivity contribution in [3.8, 4) is 11.5 Å². The lowest BCUT2D eigenvalue weighted by atomic mass is 9.96. The topological polar surface area (TPSA) is 59.6 Å². The van der Waals surface area contributed by atoms with Crippen molar-refractivity contribution in [3.05, 3.63) is 23.8 Å². The third-order valence-electron chi connectivity index (χ3n) is 4.13. The number of hydrogen-bond acceptors (Lipinski definition) is 4. The Balaban J connectivity index is 1.64. The van der Waals surface area contributed by atoms with Crippen LogP contribution in [0.1, 0.15) is 31.4 Å². The van der Waals surface area contributed by atoms with E-state index in [-0.39, 0.29) is 17.9 Å². The molecule has 0 spiro atoms. The van der Waals surface area contributed by atoms with Crippen LogP contribution in [-0.4, -0.2) is 32.2 Å². The number of benzene rings is 1. The molecule has 3 rings (SSSR count). The Hall–Kier alpha value is -1.75. The van der Waals surface area contributed by atoms with E-state index in [9.17, 15) is 4.79 Å². The van der Waals surface area contributed by atoms with Crippen LogP contribution in [0, 0.1) is 5.92 Å². The van der Waals surface area contributed by atoms with Crippen LogP contribution in [0.15, 0.2) is 18.2 Å². The van der Waals surface area contributed by atoms with Crippen LogP contribution in [0.4, 0.5) is 0 Å². The number of carbonyl (C=O) groups is 1. The molecule has 1 fully saturated rings. The molecule has 2 aliphatic rings. The van der Waals surface area contributed by atoms with Gasteiger partial charge in [0.15, 0.2) is 11.5 Å². The molecule has 0 bridgehead atoms. The number of nitrogens with one attached hydrogen (secondary N) is 2. The van der Waals surface area contributed by atoms with Gasteiger partial charge in [0.25, 0.3) is 0 Å². The second-order valence-electron chi connectivity index (χ2n) is 5.66. The molecule has 21 heavy (non-hydrogen) atoms. The lowest BCUT2D eigenvalue weighted by Gasteiger charge is -2.25. The van der Waals surface area contributed by atoms with Crippen molar-refractivity contribution in [3.63, 3.8) is 0 Å². The molecule has 5 heteroatoms. The van der Waals surface area contributed by atoms with E-state index < -0.39 is 0 Å². The van der Waals surface area contributed by atoms with Crippen LogP contribution in [0.2, 0.25) is 0 Å². The molecule has 2 N–H and O–H groups in total. The number of amides is 1. The van der Waals surface area contributed by atoms with Gasteiger partial charge in [-0.2, -0.15) is 0 Å². The third kappa shape index (κ3) is 3.29. The van der Waals surface area contributed by atoms with E-state index in [4.69, 9.17) is 9.47 Å². The summed E-state index contributed by atoms with van der Waals surface area (Å²) in [6.45, 7) is 5.03. The molecular weight excluding hydrogens is 268 g/mol. The number of hydrogen-bond donors (Lipinski definition) is 2. The summed E-state index contributed by atoms with van der Waals surface area (Å²) in [5.41, 5.74) is 1.04. The third-order valence-corrected chi connectivity index (χ3v) is 4.13. The Kier molecular flexibility index (Phi) is 4.29. The molecular formula is C16H22N2O3. The molecule has 114 valence electrons. The van der Waals surface area contributed by atoms with E-state index in [1.165, 1.54) is 0 Å². The summed E-state index contributed by atoms with van der Waals surface area (Å²) < 4.78 is 11.1. The average Bonchev–Trinajstić information content (AvgIpc) is 2.55. The summed E-state index contributed by atoms with van der Waals surface area (Å²) in [5.74, 6) is 1.83. The van der Waals surface area contributed by atoms with Crippen LogP contribution in [0.3, 0.4) is 0 Å². The minimum atomic E-state index is -0.0248. The molecule has 1 aromatic carbocycles. The Morgan fingerprint density at radius 3 is 2.71 bits per heavy atom. The number of piperidine rings is 1. The maximum Gasteiger partial charge on any atom is 0.223 e. The van der Waals surface area contributed by atoms with E-state index >= 15 is 0 Å². The van der Waals surface area contributed by atoms with Crippen molar-refractivity contribution in [2.24, 2.45) is 5.92 Å². The number of ether oxygens (including phenoxy) is 2. The zero-order chi connectivity index (χ0) is 14.7. The SMILES string of the molecule is CC(NC(=O)C1CCNCC1)c1ccc2c(c1)OCCO2. The van der Waals surface area contributed by atoms with Crippen molar-refractivity contribution >= 4 is 5.91 Å². The van der Waals surface area contributed by atoms with Gasteiger partial charge >= 0.3 is 0 Å². The molecule has 2 aliphatic heterocycles. The van der Waals surface area contributed by atoms with E-state index in [0.717, 1.165) is 43.0 Å². The van der Waals surface area contributed by atoms with Crippen LogP contribution in [0.5, 0.6) is 11.5 Å². The zero-order valence-corrected chi connectivity index (χ0v) is 12.4. The molecule has 1 saturated heterocycles. The summed E-state index contributed by atoms with van der Waals surface area (Å²) >= 11 is 0. The highest BCUT2D eigenvalue weighted by atomic mass is 16.6. The normalized spacial score (nSPS) is 19.9. The maximum atomic E-state index is 12.3. The first-order chi connectivity index (χ1) is 10.2. The van der Waals surface area contributed by atoms with Crippen LogP contribution >= 0.6 is 0 Å². The van der Waals surface area contributed by atoms with Gasteiger partial charge in [-0.25, -0.2) is 0 Å². The summed E-state index contributed by atoms with van der Waals surface area (Å²) in [4.78, 5) is 12.3. The van der Waals surface area contributed by atoms with Gasteiger partial charge in [-0.1, -0.05) is 6.07 Å². The fourth-order valence-electron chi connectivity index (χ4n) is 2.83. The molecule has 0 aliphatic carbocycles. The van der Waals surface area contributed by atoms with E-state index in [2.05, 4.69) is 10.6 Å². The predicted molar refractivity (Wildman–Crippen MR) is 79.6 cm³/mol. The van der Waals surface area contributed by atoms with Crippen molar-refractivity contribution in [1.29, 1.82) is 0 Å². The molecule has 0 aromatic heterocycles. The first-order valence-electron chi connectivity index (χ1n) is 7.64. The van der Waals surface area contributed by atoms with Gasteiger partial charge in [-0.15, -0.1) is 0 Å². The summed E-state index contributed by atoms with van der Waals surface area (Å²) in [7, 11) is 0. The van der Waals surface area contributed by atoms with Crippen LogP contribution in [-0.2, 0) is 4.79 Å². The molecule has 2 heterocycles. The fourth-order valence-corrected chi connectivity index (χ4v) is 2.83. The smallest absolute Gasteiger partial charge is 0.223 e. The minimum absolute atomic E-state index is 0.0248. The van der Waals surface area contributed by atoms with Gasteiger partial charge in [-0.05, 0) is 50.6 Å². The number of fused-ring (bicyclic) bond motifs is 1.